The lowest BCUT2D eigenvalue weighted by molar-refractivity contribution is -0.146. The Morgan fingerprint density at radius 3 is 2.21 bits per heavy atom. The Labute approximate surface area is 194 Å². The molecule has 2 aliphatic carbocycles. The molecule has 0 radical (unpaired) electrons. The molecule has 2 aliphatic rings. The molecule has 0 aliphatic heterocycles. The second-order valence-corrected chi connectivity index (χ2v) is 9.03. The molecule has 0 atom stereocenters. The third-order valence-electron chi connectivity index (χ3n) is 6.96. The summed E-state index contributed by atoms with van der Waals surface area (Å²) in [6.45, 7) is 0. The highest BCUT2D eigenvalue weighted by Crippen LogP contribution is 2.40. The van der Waals surface area contributed by atoms with Gasteiger partial charge in [-0.1, -0.05) is 24.3 Å². The Morgan fingerprint density at radius 1 is 1.00 bits per heavy atom. The van der Waals surface area contributed by atoms with Crippen molar-refractivity contribution in [2.24, 2.45) is 11.7 Å². The number of nitrogens with zero attached hydrogens (tertiary/aromatic N) is 1. The van der Waals surface area contributed by atoms with E-state index in [2.05, 4.69) is 4.98 Å². The van der Waals surface area contributed by atoms with E-state index in [9.17, 15) is 27.6 Å². The Hall–Kier alpha value is -3.23. The van der Waals surface area contributed by atoms with Crippen molar-refractivity contribution >= 4 is 17.7 Å². The first kappa shape index (κ1) is 23.9. The molecular weight excluding hydrogens is 449 g/mol. The summed E-state index contributed by atoms with van der Waals surface area (Å²) in [4.78, 5) is 41.0. The number of carbonyl (C=O) groups excluding carboxylic acids is 3. The van der Waals surface area contributed by atoms with Crippen molar-refractivity contribution in [2.45, 2.75) is 62.6 Å². The van der Waals surface area contributed by atoms with Crippen molar-refractivity contribution in [2.75, 3.05) is 0 Å². The van der Waals surface area contributed by atoms with Crippen molar-refractivity contribution in [1.82, 2.24) is 4.98 Å². The van der Waals surface area contributed by atoms with Gasteiger partial charge in [0.2, 0.25) is 0 Å². The lowest BCUT2D eigenvalue weighted by Gasteiger charge is -2.37. The summed E-state index contributed by atoms with van der Waals surface area (Å²) in [5, 5.41) is 0. The van der Waals surface area contributed by atoms with E-state index < -0.39 is 40.9 Å². The first-order valence-corrected chi connectivity index (χ1v) is 11.3. The highest BCUT2D eigenvalue weighted by atomic mass is 19.4. The van der Waals surface area contributed by atoms with E-state index in [1.165, 1.54) is 24.3 Å². The molecule has 9 heteroatoms. The van der Waals surface area contributed by atoms with Crippen LogP contribution in [0.15, 0.2) is 42.6 Å². The van der Waals surface area contributed by atoms with Crippen LogP contribution in [0.4, 0.5) is 13.2 Å². The summed E-state index contributed by atoms with van der Waals surface area (Å²) >= 11 is 0. The van der Waals surface area contributed by atoms with Crippen LogP contribution in [0.3, 0.4) is 0 Å². The number of carbonyl (C=O) groups is 3. The number of amides is 1. The summed E-state index contributed by atoms with van der Waals surface area (Å²) in [6, 6.07) is 8.19. The van der Waals surface area contributed by atoms with Crippen LogP contribution in [-0.4, -0.2) is 28.2 Å². The Bertz CT molecular complexity index is 1090. The molecular formula is C25H25F3N2O4. The van der Waals surface area contributed by atoms with Crippen molar-refractivity contribution in [3.8, 4) is 0 Å². The molecule has 0 saturated heterocycles. The molecule has 6 nitrogen and oxygen atoms in total. The number of aromatic nitrogens is 1. The molecule has 2 N–H and O–H groups in total. The Kier molecular flexibility index (Phi) is 6.47. The number of ketones is 1. The molecule has 1 amide bonds. The zero-order valence-electron chi connectivity index (χ0n) is 18.4. The number of alkyl halides is 3. The predicted octanol–water partition coefficient (Wildman–Crippen LogP) is 4.82. The van der Waals surface area contributed by atoms with E-state index in [0.717, 1.165) is 18.1 Å². The Balaban J connectivity index is 1.37. The van der Waals surface area contributed by atoms with Gasteiger partial charge in [-0.05, 0) is 68.6 Å². The van der Waals surface area contributed by atoms with Crippen LogP contribution in [0.2, 0.25) is 0 Å². The third kappa shape index (κ3) is 4.69. The molecule has 1 aromatic carbocycles. The smallest absolute Gasteiger partial charge is 0.417 e. The maximum absolute atomic E-state index is 13.3. The van der Waals surface area contributed by atoms with Gasteiger partial charge in [0, 0.05) is 17.7 Å². The molecule has 4 rings (SSSR count). The van der Waals surface area contributed by atoms with Gasteiger partial charge in [0.1, 0.15) is 5.69 Å². The van der Waals surface area contributed by atoms with Crippen molar-refractivity contribution in [1.29, 1.82) is 0 Å². The fourth-order valence-corrected chi connectivity index (χ4v) is 4.75. The molecule has 2 saturated carbocycles. The highest BCUT2D eigenvalue weighted by molar-refractivity contribution is 5.99. The van der Waals surface area contributed by atoms with E-state index in [1.807, 2.05) is 0 Å². The van der Waals surface area contributed by atoms with Gasteiger partial charge in [-0.25, -0.2) is 9.78 Å². The normalized spacial score (nSPS) is 21.9. The van der Waals surface area contributed by atoms with Crippen LogP contribution < -0.4 is 5.73 Å². The zero-order chi connectivity index (χ0) is 24.5. The molecule has 1 aromatic heterocycles. The van der Waals surface area contributed by atoms with Gasteiger partial charge in [-0.15, -0.1) is 0 Å². The fourth-order valence-electron chi connectivity index (χ4n) is 4.75. The number of ether oxygens (including phenoxy) is 1. The van der Waals surface area contributed by atoms with Crippen molar-refractivity contribution in [3.05, 3.63) is 65.0 Å². The third-order valence-corrected chi connectivity index (χ3v) is 6.96. The maximum Gasteiger partial charge on any atom is 0.417 e. The largest absolute Gasteiger partial charge is 0.444 e. The minimum absolute atomic E-state index is 0.0731. The lowest BCUT2D eigenvalue weighted by Crippen LogP contribution is -2.52. The predicted molar refractivity (Wildman–Crippen MR) is 116 cm³/mol. The second kappa shape index (κ2) is 9.19. The number of halogens is 3. The van der Waals surface area contributed by atoms with Gasteiger partial charge in [-0.3, -0.25) is 9.59 Å². The number of benzene rings is 1. The van der Waals surface area contributed by atoms with E-state index >= 15 is 0 Å². The fraction of sp³-hybridized carbons (Fsp3) is 0.440. The summed E-state index contributed by atoms with van der Waals surface area (Å²) in [5.74, 6) is -2.21. The van der Waals surface area contributed by atoms with Crippen LogP contribution in [0.5, 0.6) is 0 Å². The Morgan fingerprint density at radius 2 is 1.68 bits per heavy atom. The lowest BCUT2D eigenvalue weighted by atomic mass is 9.76. The first-order chi connectivity index (χ1) is 16.1. The van der Waals surface area contributed by atoms with Gasteiger partial charge in [0.05, 0.1) is 5.56 Å². The van der Waals surface area contributed by atoms with Gasteiger partial charge in [0.15, 0.2) is 11.4 Å². The molecule has 34 heavy (non-hydrogen) atoms. The van der Waals surface area contributed by atoms with Gasteiger partial charge in [-0.2, -0.15) is 13.2 Å². The molecule has 0 spiro atoms. The number of esters is 1. The van der Waals surface area contributed by atoms with Gasteiger partial charge >= 0.3 is 12.1 Å². The van der Waals surface area contributed by atoms with Crippen LogP contribution >= 0.6 is 0 Å². The van der Waals surface area contributed by atoms with E-state index in [-0.39, 0.29) is 17.2 Å². The standard InChI is InChI=1S/C25H25F3N2O4/c26-25(27,28)19-5-2-1-4-18(19)21(31)16-8-6-15(7-9-16)17-10-11-20(30-14-17)22(32)34-24(23(29)33)12-3-13-24/h1-2,4-5,10-11,14-16H,3,6-9,12-13H2,(H2,29,33). The summed E-state index contributed by atoms with van der Waals surface area (Å²) < 4.78 is 45.2. The number of hydrogen-bond donors (Lipinski definition) is 1. The zero-order valence-corrected chi connectivity index (χ0v) is 18.4. The summed E-state index contributed by atoms with van der Waals surface area (Å²) in [6.07, 6.45) is 0.759. The molecule has 1 heterocycles. The number of Topliss-reactive ketones (excluding diaryl/α,β-unsaturated/α-hetero) is 1. The monoisotopic (exact) mass is 474 g/mol. The second-order valence-electron chi connectivity index (χ2n) is 9.03. The minimum atomic E-state index is -4.58. The number of primary amides is 1. The SMILES string of the molecule is NC(=O)C1(OC(=O)c2ccc(C3CCC(C(=O)c4ccccc4C(F)(F)F)CC3)cn2)CCC1. The average molecular weight is 474 g/mol. The number of rotatable bonds is 6. The van der Waals surface area contributed by atoms with E-state index in [0.29, 0.717) is 38.5 Å². The van der Waals surface area contributed by atoms with Crippen molar-refractivity contribution < 1.29 is 32.3 Å². The number of pyridine rings is 1. The van der Waals surface area contributed by atoms with Gasteiger partial charge < -0.3 is 10.5 Å². The topological polar surface area (TPSA) is 99.4 Å². The van der Waals surface area contributed by atoms with Crippen LogP contribution in [0.1, 0.15) is 82.8 Å². The number of nitrogens with two attached hydrogens (primary N) is 1. The summed E-state index contributed by atoms with van der Waals surface area (Å²) in [7, 11) is 0. The first-order valence-electron chi connectivity index (χ1n) is 11.3. The molecule has 2 fully saturated rings. The maximum atomic E-state index is 13.3. The molecule has 180 valence electrons. The number of hydrogen-bond acceptors (Lipinski definition) is 5. The highest BCUT2D eigenvalue weighted by Gasteiger charge is 2.47. The van der Waals surface area contributed by atoms with E-state index in [1.54, 1.807) is 12.3 Å². The van der Waals surface area contributed by atoms with Crippen LogP contribution in [-0.2, 0) is 15.7 Å². The quantitative estimate of drug-likeness (QED) is 0.478. The molecule has 0 unspecified atom stereocenters. The van der Waals surface area contributed by atoms with E-state index in [4.69, 9.17) is 10.5 Å². The minimum Gasteiger partial charge on any atom is -0.444 e. The van der Waals surface area contributed by atoms with Crippen molar-refractivity contribution in [3.63, 3.8) is 0 Å². The van der Waals surface area contributed by atoms with Gasteiger partial charge in [0.25, 0.3) is 5.91 Å². The average Bonchev–Trinajstić information content (AvgIpc) is 2.80. The van der Waals surface area contributed by atoms with Crippen LogP contribution in [0.25, 0.3) is 0 Å². The molecule has 2 aromatic rings. The summed E-state index contributed by atoms with van der Waals surface area (Å²) in [5.41, 5.74) is 3.91. The van der Waals surface area contributed by atoms with Crippen LogP contribution in [0, 0.1) is 5.92 Å². The molecule has 0 bridgehead atoms.